The van der Waals surface area contributed by atoms with Crippen LogP contribution in [0, 0.1) is 5.82 Å². The van der Waals surface area contributed by atoms with Crippen LogP contribution in [0.4, 0.5) is 21.8 Å². The van der Waals surface area contributed by atoms with Crippen LogP contribution in [-0.2, 0) is 32.2 Å². The first-order valence-corrected chi connectivity index (χ1v) is 14.0. The summed E-state index contributed by atoms with van der Waals surface area (Å²) in [5, 5.41) is 3.19. The number of nitrogens with one attached hydrogen (secondary N) is 1. The predicted octanol–water partition coefficient (Wildman–Crippen LogP) is 4.18. The van der Waals surface area contributed by atoms with Gasteiger partial charge in [0.25, 0.3) is 0 Å². The number of halogens is 1. The second-order valence-electron chi connectivity index (χ2n) is 9.46. The number of benzene rings is 2. The van der Waals surface area contributed by atoms with Crippen LogP contribution >= 0.6 is 0 Å². The molecule has 1 aromatic heterocycles. The van der Waals surface area contributed by atoms with Crippen molar-refractivity contribution < 1.29 is 22.3 Å². The van der Waals surface area contributed by atoms with Crippen LogP contribution in [0.3, 0.4) is 0 Å². The van der Waals surface area contributed by atoms with Crippen LogP contribution in [0.5, 0.6) is 0 Å². The van der Waals surface area contributed by atoms with Crippen LogP contribution < -0.4 is 10.2 Å². The van der Waals surface area contributed by atoms with Crippen molar-refractivity contribution >= 4 is 33.3 Å². The molecular weight excluding hydrogens is 495 g/mol. The molecule has 0 amide bonds. The van der Waals surface area contributed by atoms with Crippen LogP contribution in [-0.4, -0.2) is 50.3 Å². The molecule has 3 aromatic rings. The van der Waals surface area contributed by atoms with E-state index in [1.807, 2.05) is 12.1 Å². The molecule has 0 bridgehead atoms. The van der Waals surface area contributed by atoms with E-state index in [-0.39, 0.29) is 34.7 Å². The normalized spacial score (nSPS) is 17.2. The zero-order chi connectivity index (χ0) is 26.0. The highest BCUT2D eigenvalue weighted by Gasteiger charge is 2.32. The fraction of sp³-hybridized carbons (Fsp3) is 0.370. The maximum atomic E-state index is 13.3. The van der Waals surface area contributed by atoms with E-state index in [4.69, 9.17) is 14.7 Å². The number of aromatic nitrogens is 2. The molecule has 37 heavy (non-hydrogen) atoms. The molecule has 2 aliphatic rings. The van der Waals surface area contributed by atoms with Crippen LogP contribution in [0.15, 0.2) is 53.4 Å². The van der Waals surface area contributed by atoms with Crippen molar-refractivity contribution in [1.82, 2.24) is 9.97 Å². The number of ether oxygens (including phenoxy) is 1. The first kappa shape index (κ1) is 25.1. The van der Waals surface area contributed by atoms with Gasteiger partial charge in [0.1, 0.15) is 10.7 Å². The van der Waals surface area contributed by atoms with Crippen molar-refractivity contribution in [1.29, 1.82) is 0 Å². The lowest BCUT2D eigenvalue weighted by molar-refractivity contribution is -0.139. The quantitative estimate of drug-likeness (QED) is 0.480. The number of nitrogens with zero attached hydrogens (tertiary/aromatic N) is 3. The average molecular weight is 525 g/mol. The third-order valence-corrected chi connectivity index (χ3v) is 8.85. The fourth-order valence-corrected chi connectivity index (χ4v) is 6.59. The number of aryl methyl sites for hydroxylation is 1. The standard InChI is InChI=1S/C27H29FN4O4S/c1-36-24(33)17-18-4-10-22(11-5-18)29-26-25-23(3-2-16-37(25,34)35)30-27(31-26)32-14-12-20(13-15-32)19-6-8-21(28)9-7-19/h4-11,20H,2-3,12-17H2,1H3,(H,29,30,31). The van der Waals surface area contributed by atoms with Gasteiger partial charge >= 0.3 is 5.97 Å². The summed E-state index contributed by atoms with van der Waals surface area (Å²) >= 11 is 0. The number of piperidine rings is 1. The van der Waals surface area contributed by atoms with Gasteiger partial charge in [-0.05, 0) is 67.0 Å². The van der Waals surface area contributed by atoms with E-state index in [9.17, 15) is 17.6 Å². The molecule has 0 spiro atoms. The number of methoxy groups -OCH3 is 1. The molecule has 2 aliphatic heterocycles. The Morgan fingerprint density at radius 1 is 1.08 bits per heavy atom. The van der Waals surface area contributed by atoms with E-state index in [0.29, 0.717) is 36.1 Å². The van der Waals surface area contributed by atoms with Crippen molar-refractivity contribution in [3.8, 4) is 0 Å². The molecule has 194 valence electrons. The molecule has 5 rings (SSSR count). The summed E-state index contributed by atoms with van der Waals surface area (Å²) in [5.41, 5.74) is 3.12. The Hall–Kier alpha value is -3.53. The Kier molecular flexibility index (Phi) is 7.10. The third-order valence-electron chi connectivity index (χ3n) is 6.97. The number of sulfone groups is 1. The maximum Gasteiger partial charge on any atom is 0.309 e. The largest absolute Gasteiger partial charge is 0.469 e. The first-order valence-electron chi connectivity index (χ1n) is 12.4. The van der Waals surface area contributed by atoms with Crippen molar-refractivity contribution in [2.24, 2.45) is 0 Å². The molecule has 0 radical (unpaired) electrons. The van der Waals surface area contributed by atoms with Crippen molar-refractivity contribution in [2.75, 3.05) is 36.2 Å². The predicted molar refractivity (Wildman–Crippen MR) is 138 cm³/mol. The minimum absolute atomic E-state index is 0.0680. The zero-order valence-electron chi connectivity index (χ0n) is 20.6. The SMILES string of the molecule is COC(=O)Cc1ccc(Nc2nc(N3CCC(c4ccc(F)cc4)CC3)nc3c2S(=O)(=O)CCC3)cc1. The van der Waals surface area contributed by atoms with Crippen molar-refractivity contribution in [3.63, 3.8) is 0 Å². The monoisotopic (exact) mass is 524 g/mol. The molecule has 3 heterocycles. The smallest absolute Gasteiger partial charge is 0.309 e. The minimum Gasteiger partial charge on any atom is -0.469 e. The van der Waals surface area contributed by atoms with Gasteiger partial charge in [-0.2, -0.15) is 4.98 Å². The summed E-state index contributed by atoms with van der Waals surface area (Å²) in [4.78, 5) is 23.2. The lowest BCUT2D eigenvalue weighted by Crippen LogP contribution is -2.35. The number of hydrogen-bond acceptors (Lipinski definition) is 8. The van der Waals surface area contributed by atoms with E-state index in [1.54, 1.807) is 24.3 Å². The van der Waals surface area contributed by atoms with Gasteiger partial charge in [-0.3, -0.25) is 4.79 Å². The highest BCUT2D eigenvalue weighted by molar-refractivity contribution is 7.91. The number of carbonyl (C=O) groups is 1. The minimum atomic E-state index is -3.51. The molecule has 0 aliphatic carbocycles. The van der Waals surface area contributed by atoms with Gasteiger partial charge in [0, 0.05) is 18.8 Å². The van der Waals surface area contributed by atoms with Gasteiger partial charge in [0.15, 0.2) is 15.7 Å². The van der Waals surface area contributed by atoms with Gasteiger partial charge in [0.05, 0.1) is 25.0 Å². The van der Waals surface area contributed by atoms with Gasteiger partial charge < -0.3 is 15.0 Å². The van der Waals surface area contributed by atoms with E-state index < -0.39 is 9.84 Å². The van der Waals surface area contributed by atoms with Crippen LogP contribution in [0.1, 0.15) is 42.0 Å². The summed E-state index contributed by atoms with van der Waals surface area (Å²) in [6.07, 6.45) is 3.00. The molecule has 1 fully saturated rings. The van der Waals surface area contributed by atoms with Gasteiger partial charge in [-0.1, -0.05) is 24.3 Å². The number of esters is 1. The first-order chi connectivity index (χ1) is 17.8. The van der Waals surface area contributed by atoms with E-state index in [2.05, 4.69) is 10.2 Å². The number of anilines is 3. The summed E-state index contributed by atoms with van der Waals surface area (Å²) in [5.74, 6) is 0.620. The van der Waals surface area contributed by atoms with Gasteiger partial charge in [-0.15, -0.1) is 0 Å². The second-order valence-corrected chi connectivity index (χ2v) is 11.5. The summed E-state index contributed by atoms with van der Waals surface area (Å²) in [6.45, 7) is 1.44. The number of rotatable bonds is 6. The summed E-state index contributed by atoms with van der Waals surface area (Å²) in [6, 6.07) is 13.8. The Balaban J connectivity index is 1.39. The highest BCUT2D eigenvalue weighted by Crippen LogP contribution is 2.35. The van der Waals surface area contributed by atoms with E-state index >= 15 is 0 Å². The highest BCUT2D eigenvalue weighted by atomic mass is 32.2. The van der Waals surface area contributed by atoms with Crippen LogP contribution in [0.2, 0.25) is 0 Å². The Bertz CT molecular complexity index is 1390. The molecular formula is C27H29FN4O4S. The van der Waals surface area contributed by atoms with Crippen LogP contribution in [0.25, 0.3) is 0 Å². The number of carbonyl (C=O) groups excluding carboxylic acids is 1. The third kappa shape index (κ3) is 5.58. The van der Waals surface area contributed by atoms with Crippen molar-refractivity contribution in [2.45, 2.75) is 42.9 Å². The number of hydrogen-bond donors (Lipinski definition) is 1. The molecule has 0 unspecified atom stereocenters. The Labute approximate surface area is 215 Å². The Morgan fingerprint density at radius 3 is 2.46 bits per heavy atom. The second kappa shape index (κ2) is 10.5. The summed E-state index contributed by atoms with van der Waals surface area (Å²) < 4.78 is 44.0. The lowest BCUT2D eigenvalue weighted by Gasteiger charge is -2.33. The molecule has 2 aromatic carbocycles. The van der Waals surface area contributed by atoms with E-state index in [0.717, 1.165) is 37.1 Å². The molecule has 8 nitrogen and oxygen atoms in total. The molecule has 1 N–H and O–H groups in total. The van der Waals surface area contributed by atoms with Gasteiger partial charge in [-0.25, -0.2) is 17.8 Å². The average Bonchev–Trinajstić information content (AvgIpc) is 2.90. The molecule has 10 heteroatoms. The maximum absolute atomic E-state index is 13.3. The lowest BCUT2D eigenvalue weighted by atomic mass is 9.89. The number of fused-ring (bicyclic) bond motifs is 1. The van der Waals surface area contributed by atoms with Gasteiger partial charge in [0.2, 0.25) is 5.95 Å². The van der Waals surface area contributed by atoms with E-state index in [1.165, 1.54) is 19.2 Å². The fourth-order valence-electron chi connectivity index (χ4n) is 4.97. The zero-order valence-corrected chi connectivity index (χ0v) is 21.4. The Morgan fingerprint density at radius 2 is 1.78 bits per heavy atom. The summed E-state index contributed by atoms with van der Waals surface area (Å²) in [7, 11) is -2.17. The molecule has 1 saturated heterocycles. The molecule has 0 atom stereocenters. The molecule has 0 saturated carbocycles. The topological polar surface area (TPSA) is 101 Å². The van der Waals surface area contributed by atoms with Crippen molar-refractivity contribution in [3.05, 3.63) is 71.2 Å².